The van der Waals surface area contributed by atoms with Crippen molar-refractivity contribution in [2.45, 2.75) is 20.0 Å². The lowest BCUT2D eigenvalue weighted by Crippen LogP contribution is -2.24. The number of nitrogens with zero attached hydrogens (tertiary/aromatic N) is 3. The number of carbonyl (C=O) groups excluding carboxylic acids is 1. The van der Waals surface area contributed by atoms with E-state index >= 15 is 0 Å². The van der Waals surface area contributed by atoms with Gasteiger partial charge in [-0.1, -0.05) is 0 Å². The van der Waals surface area contributed by atoms with E-state index in [-0.39, 0.29) is 12.5 Å². The topological polar surface area (TPSA) is 64.2 Å². The van der Waals surface area contributed by atoms with Crippen LogP contribution in [0.4, 0.5) is 4.39 Å². The van der Waals surface area contributed by atoms with Crippen molar-refractivity contribution in [1.82, 2.24) is 14.7 Å². The van der Waals surface area contributed by atoms with Crippen LogP contribution in [-0.4, -0.2) is 33.7 Å². The molecule has 0 bridgehead atoms. The molecule has 2 rings (SSSR count). The van der Waals surface area contributed by atoms with Crippen LogP contribution in [0.25, 0.3) is 0 Å². The SMILES string of the molecule is CCN1Cc2cn(C/C(=C/F)CN)nc2C1=O. The minimum Gasteiger partial charge on any atom is -0.333 e. The third-order valence-electron chi connectivity index (χ3n) is 2.85. The molecule has 0 fully saturated rings. The Morgan fingerprint density at radius 1 is 1.71 bits per heavy atom. The molecule has 1 aliphatic heterocycles. The summed E-state index contributed by atoms with van der Waals surface area (Å²) in [5, 5.41) is 4.17. The van der Waals surface area contributed by atoms with Crippen molar-refractivity contribution in [3.8, 4) is 0 Å². The quantitative estimate of drug-likeness (QED) is 0.838. The molecule has 6 heteroatoms. The lowest BCUT2D eigenvalue weighted by Gasteiger charge is -2.12. The lowest BCUT2D eigenvalue weighted by molar-refractivity contribution is 0.0780. The fraction of sp³-hybridized carbons (Fsp3) is 0.455. The van der Waals surface area contributed by atoms with Gasteiger partial charge < -0.3 is 10.6 Å². The Morgan fingerprint density at radius 3 is 3.00 bits per heavy atom. The summed E-state index contributed by atoms with van der Waals surface area (Å²) in [6.45, 7) is 3.63. The molecule has 1 aromatic heterocycles. The van der Waals surface area contributed by atoms with Crippen molar-refractivity contribution < 1.29 is 9.18 Å². The second-order valence-corrected chi connectivity index (χ2v) is 3.99. The number of rotatable bonds is 4. The van der Waals surface area contributed by atoms with E-state index in [4.69, 9.17) is 5.73 Å². The van der Waals surface area contributed by atoms with Crippen LogP contribution in [0.1, 0.15) is 23.0 Å². The fourth-order valence-corrected chi connectivity index (χ4v) is 1.87. The van der Waals surface area contributed by atoms with E-state index < -0.39 is 0 Å². The van der Waals surface area contributed by atoms with Crippen LogP contribution in [0.15, 0.2) is 18.1 Å². The first-order chi connectivity index (χ1) is 8.19. The predicted octanol–water partition coefficient (Wildman–Crippen LogP) is 0.671. The number of amides is 1. The fourth-order valence-electron chi connectivity index (χ4n) is 1.87. The molecule has 0 saturated carbocycles. The molecule has 5 nitrogen and oxygen atoms in total. The third kappa shape index (κ3) is 2.08. The molecule has 17 heavy (non-hydrogen) atoms. The zero-order chi connectivity index (χ0) is 12.4. The molecule has 0 unspecified atom stereocenters. The summed E-state index contributed by atoms with van der Waals surface area (Å²) in [5.41, 5.74) is 7.19. The first-order valence-electron chi connectivity index (χ1n) is 5.53. The van der Waals surface area contributed by atoms with Gasteiger partial charge in [0.2, 0.25) is 0 Å². The molecule has 0 atom stereocenters. The second kappa shape index (κ2) is 4.67. The van der Waals surface area contributed by atoms with Crippen molar-refractivity contribution in [1.29, 1.82) is 0 Å². The number of nitrogens with two attached hydrogens (primary N) is 1. The van der Waals surface area contributed by atoms with Gasteiger partial charge in [0.15, 0.2) is 5.69 Å². The summed E-state index contributed by atoms with van der Waals surface area (Å²) < 4.78 is 13.9. The predicted molar refractivity (Wildman–Crippen MR) is 60.9 cm³/mol. The number of carbonyl (C=O) groups is 1. The second-order valence-electron chi connectivity index (χ2n) is 3.99. The zero-order valence-corrected chi connectivity index (χ0v) is 9.69. The first-order valence-corrected chi connectivity index (χ1v) is 5.53. The monoisotopic (exact) mass is 238 g/mol. The molecule has 0 spiro atoms. The van der Waals surface area contributed by atoms with Gasteiger partial charge >= 0.3 is 0 Å². The Kier molecular flexibility index (Phi) is 3.23. The van der Waals surface area contributed by atoms with Gasteiger partial charge in [0.25, 0.3) is 5.91 Å². The Labute approximate surface area is 98.7 Å². The highest BCUT2D eigenvalue weighted by Crippen LogP contribution is 2.21. The first kappa shape index (κ1) is 11.8. The maximum absolute atomic E-state index is 12.4. The highest BCUT2D eigenvalue weighted by molar-refractivity contribution is 5.96. The molecule has 0 radical (unpaired) electrons. The van der Waals surface area contributed by atoms with E-state index in [1.54, 1.807) is 15.8 Å². The van der Waals surface area contributed by atoms with Gasteiger partial charge in [-0.15, -0.1) is 0 Å². The summed E-state index contributed by atoms with van der Waals surface area (Å²) in [4.78, 5) is 13.5. The Hall–Kier alpha value is -1.69. The summed E-state index contributed by atoms with van der Waals surface area (Å²) in [7, 11) is 0. The van der Waals surface area contributed by atoms with Crippen LogP contribution in [0.2, 0.25) is 0 Å². The highest BCUT2D eigenvalue weighted by atomic mass is 19.1. The normalized spacial score (nSPS) is 15.6. The average molecular weight is 238 g/mol. The maximum Gasteiger partial charge on any atom is 0.275 e. The largest absolute Gasteiger partial charge is 0.333 e. The van der Waals surface area contributed by atoms with Crippen molar-refractivity contribution in [3.05, 3.63) is 29.4 Å². The summed E-state index contributed by atoms with van der Waals surface area (Å²) >= 11 is 0. The van der Waals surface area contributed by atoms with Gasteiger partial charge in [0.1, 0.15) is 0 Å². The highest BCUT2D eigenvalue weighted by Gasteiger charge is 2.29. The van der Waals surface area contributed by atoms with E-state index in [1.807, 2.05) is 6.92 Å². The molecule has 0 saturated heterocycles. The molecule has 2 N–H and O–H groups in total. The van der Waals surface area contributed by atoms with Crippen LogP contribution in [0, 0.1) is 0 Å². The van der Waals surface area contributed by atoms with Gasteiger partial charge in [-0.25, -0.2) is 4.39 Å². The van der Waals surface area contributed by atoms with Crippen LogP contribution < -0.4 is 5.73 Å². The molecular formula is C11H15FN4O. The maximum atomic E-state index is 12.4. The Morgan fingerprint density at radius 2 is 2.47 bits per heavy atom. The Bertz CT molecular complexity index is 466. The minimum atomic E-state index is -0.0558. The van der Waals surface area contributed by atoms with Crippen molar-refractivity contribution >= 4 is 5.91 Å². The van der Waals surface area contributed by atoms with Crippen LogP contribution in [-0.2, 0) is 13.1 Å². The van der Waals surface area contributed by atoms with E-state index in [0.29, 0.717) is 37.2 Å². The molecule has 0 aromatic carbocycles. The molecule has 0 aliphatic carbocycles. The van der Waals surface area contributed by atoms with Crippen molar-refractivity contribution in [2.24, 2.45) is 5.73 Å². The van der Waals surface area contributed by atoms with E-state index in [2.05, 4.69) is 5.10 Å². The van der Waals surface area contributed by atoms with Crippen LogP contribution in [0.5, 0.6) is 0 Å². The summed E-state index contributed by atoms with van der Waals surface area (Å²) in [6.07, 6.45) is 2.27. The number of hydrogen-bond donors (Lipinski definition) is 1. The van der Waals surface area contributed by atoms with Gasteiger partial charge in [0, 0.05) is 31.4 Å². The van der Waals surface area contributed by atoms with E-state index in [9.17, 15) is 9.18 Å². The molecule has 2 heterocycles. The standard InChI is InChI=1S/C11H15FN4O/c1-2-15-6-9-7-16(5-8(3-12)4-13)14-10(9)11(15)17/h3,7H,2,4-6,13H2,1H3/b8-3+. The van der Waals surface area contributed by atoms with Gasteiger partial charge in [0.05, 0.1) is 12.9 Å². The number of fused-ring (bicyclic) bond motifs is 1. The summed E-state index contributed by atoms with van der Waals surface area (Å²) in [6, 6.07) is 0. The van der Waals surface area contributed by atoms with Crippen molar-refractivity contribution in [2.75, 3.05) is 13.1 Å². The molecule has 1 aromatic rings. The van der Waals surface area contributed by atoms with Crippen LogP contribution in [0.3, 0.4) is 0 Å². The molecule has 92 valence electrons. The van der Waals surface area contributed by atoms with E-state index in [0.717, 1.165) is 5.56 Å². The van der Waals surface area contributed by atoms with Gasteiger partial charge in [-0.3, -0.25) is 9.48 Å². The number of halogens is 1. The average Bonchev–Trinajstić information content (AvgIpc) is 2.86. The molecule has 1 aliphatic rings. The molecule has 1 amide bonds. The minimum absolute atomic E-state index is 0.0558. The van der Waals surface area contributed by atoms with Gasteiger partial charge in [-0.05, 0) is 12.5 Å². The number of hydrogen-bond acceptors (Lipinski definition) is 3. The van der Waals surface area contributed by atoms with Crippen LogP contribution >= 0.6 is 0 Å². The van der Waals surface area contributed by atoms with Gasteiger partial charge in [-0.2, -0.15) is 5.10 Å². The third-order valence-corrected chi connectivity index (χ3v) is 2.85. The Balaban J connectivity index is 2.17. The zero-order valence-electron chi connectivity index (χ0n) is 9.69. The van der Waals surface area contributed by atoms with Crippen molar-refractivity contribution in [3.63, 3.8) is 0 Å². The smallest absolute Gasteiger partial charge is 0.275 e. The molecular weight excluding hydrogens is 223 g/mol. The lowest BCUT2D eigenvalue weighted by atomic mass is 10.3. The van der Waals surface area contributed by atoms with E-state index in [1.165, 1.54) is 0 Å². The summed E-state index contributed by atoms with van der Waals surface area (Å²) in [5.74, 6) is -0.0558. The number of aromatic nitrogens is 2.